The van der Waals surface area contributed by atoms with Gasteiger partial charge in [-0.05, 0) is 42.2 Å². The van der Waals surface area contributed by atoms with Crippen LogP contribution < -0.4 is 10.6 Å². The highest BCUT2D eigenvalue weighted by atomic mass is 31.1. The van der Waals surface area contributed by atoms with E-state index in [4.69, 9.17) is 9.26 Å². The van der Waals surface area contributed by atoms with Crippen LogP contribution in [0.1, 0.15) is 84.6 Å². The van der Waals surface area contributed by atoms with Gasteiger partial charge in [0.15, 0.2) is 0 Å². The normalized spacial score (nSPS) is 20.1. The van der Waals surface area contributed by atoms with Gasteiger partial charge in [0.05, 0.1) is 14.3 Å². The van der Waals surface area contributed by atoms with Crippen molar-refractivity contribution in [1.29, 1.82) is 0 Å². The van der Waals surface area contributed by atoms with Crippen molar-refractivity contribution in [1.82, 2.24) is 0 Å². The predicted octanol–water partition coefficient (Wildman–Crippen LogP) is 9.27. The minimum Gasteiger partial charge on any atom is -0.459 e. The molecule has 3 aromatic rings. The average molecular weight is 585 g/mol. The number of hydrogen-bond acceptors (Lipinski definition) is 3. The molecular weight excluding hydrogens is 535 g/mol. The first-order valence-electron chi connectivity index (χ1n) is 15.9. The van der Waals surface area contributed by atoms with Crippen LogP contribution in [0.4, 0.5) is 0 Å². The molecule has 0 radical (unpaired) electrons. The number of benzene rings is 3. The van der Waals surface area contributed by atoms with Crippen molar-refractivity contribution in [2.75, 3.05) is 0 Å². The van der Waals surface area contributed by atoms with E-state index in [0.29, 0.717) is 5.92 Å². The van der Waals surface area contributed by atoms with Crippen LogP contribution in [0.25, 0.3) is 0 Å². The molecule has 0 bridgehead atoms. The Kier molecular flexibility index (Phi) is 12.4. The molecular formula is C38H49O3P. The van der Waals surface area contributed by atoms with Crippen molar-refractivity contribution in [2.45, 2.75) is 96.7 Å². The van der Waals surface area contributed by atoms with Crippen LogP contribution in [0.15, 0.2) is 103 Å². The van der Waals surface area contributed by atoms with E-state index in [0.717, 1.165) is 25.7 Å². The number of hydrogen-bond donors (Lipinski definition) is 0. The molecule has 0 spiro atoms. The second-order valence-corrected chi connectivity index (χ2v) is 14.2. The molecule has 0 aliphatic heterocycles. The number of carbonyl (C=O) groups excluding carboxylic acids is 1. The molecule has 0 heterocycles. The maximum absolute atomic E-state index is 13.4. The molecule has 3 nitrogen and oxygen atoms in total. The van der Waals surface area contributed by atoms with E-state index in [1.165, 1.54) is 41.9 Å². The molecule has 4 atom stereocenters. The number of rotatable bonds is 14. The van der Waals surface area contributed by atoms with E-state index < -0.39 is 8.15 Å². The molecule has 1 aliphatic carbocycles. The van der Waals surface area contributed by atoms with Gasteiger partial charge in [0, 0.05) is 22.6 Å². The smallest absolute Gasteiger partial charge is 0.330 e. The van der Waals surface area contributed by atoms with Crippen molar-refractivity contribution in [3.8, 4) is 0 Å². The summed E-state index contributed by atoms with van der Waals surface area (Å²) < 4.78 is 13.1. The van der Waals surface area contributed by atoms with E-state index in [9.17, 15) is 4.79 Å². The number of esters is 1. The minimum atomic E-state index is -1.02. The highest BCUT2D eigenvalue weighted by Crippen LogP contribution is 2.44. The Balaban J connectivity index is 1.51. The lowest BCUT2D eigenvalue weighted by Crippen LogP contribution is -2.43. The van der Waals surface area contributed by atoms with Gasteiger partial charge in [0.25, 0.3) is 0 Å². The molecule has 1 saturated carbocycles. The maximum Gasteiger partial charge on any atom is 0.330 e. The molecule has 0 unspecified atom stereocenters. The first kappa shape index (κ1) is 32.2. The summed E-state index contributed by atoms with van der Waals surface area (Å²) in [5.41, 5.74) is 1.22. The minimum absolute atomic E-state index is 0.0812. The first-order chi connectivity index (χ1) is 20.4. The van der Waals surface area contributed by atoms with Crippen LogP contribution in [-0.4, -0.2) is 18.2 Å². The second-order valence-electron chi connectivity index (χ2n) is 12.4. The number of ether oxygens (including phenoxy) is 1. The molecule has 4 rings (SSSR count). The Bertz CT molecular complexity index is 1190. The maximum atomic E-state index is 13.4. The van der Waals surface area contributed by atoms with Gasteiger partial charge in [-0.25, -0.2) is 4.79 Å². The Labute approximate surface area is 255 Å². The van der Waals surface area contributed by atoms with Gasteiger partial charge >= 0.3 is 5.97 Å². The van der Waals surface area contributed by atoms with Gasteiger partial charge in [-0.1, -0.05) is 151 Å². The highest BCUT2D eigenvalue weighted by molar-refractivity contribution is 7.68. The predicted molar refractivity (Wildman–Crippen MR) is 178 cm³/mol. The van der Waals surface area contributed by atoms with Gasteiger partial charge in [-0.15, -0.1) is 0 Å². The lowest BCUT2D eigenvalue weighted by Gasteiger charge is -2.43. The molecule has 3 aromatic carbocycles. The van der Waals surface area contributed by atoms with Crippen molar-refractivity contribution in [2.24, 2.45) is 11.8 Å². The number of unbranched alkanes of at least 4 members (excludes halogenated alkanes) is 3. The van der Waals surface area contributed by atoms with Crippen LogP contribution in [0.3, 0.4) is 0 Å². The lowest BCUT2D eigenvalue weighted by atomic mass is 9.64. The van der Waals surface area contributed by atoms with Crippen LogP contribution in [-0.2, 0) is 19.5 Å². The van der Waals surface area contributed by atoms with E-state index in [1.807, 2.05) is 18.2 Å². The standard InChI is InChI=1S/C38H49O3P/c1-5-6-7-13-20-32(41-42(33-21-14-9-15-22-33)34-23-16-10-17-24-34)26-28-37(39)40-36-29-30(2)25-27-35(36)38(3,4)31-18-11-8-12-19-31/h8-12,14-19,21-24,26,28,30,32,35-36H,5-7,13,20,25,27,29H2,1-4H3/b28-26+/t30-,32-,35-,36-/m1/s1. The summed E-state index contributed by atoms with van der Waals surface area (Å²) >= 11 is 0. The van der Waals surface area contributed by atoms with E-state index in [-0.39, 0.29) is 29.5 Å². The molecule has 0 N–H and O–H groups in total. The number of carbonyl (C=O) groups is 1. The zero-order chi connectivity index (χ0) is 29.8. The molecule has 0 aromatic heterocycles. The van der Waals surface area contributed by atoms with Gasteiger partial charge < -0.3 is 9.26 Å². The van der Waals surface area contributed by atoms with Crippen molar-refractivity contribution < 1.29 is 14.1 Å². The summed E-state index contributed by atoms with van der Waals surface area (Å²) in [5.74, 6) is 0.567. The van der Waals surface area contributed by atoms with E-state index in [2.05, 4.69) is 107 Å². The van der Waals surface area contributed by atoms with E-state index >= 15 is 0 Å². The van der Waals surface area contributed by atoms with Gasteiger partial charge in [0.2, 0.25) is 0 Å². The SMILES string of the molecule is CCCCCC[C@H](/C=C/C(=O)O[C@@H]1C[C@H](C)CC[C@H]1C(C)(C)c1ccccc1)OP(c1ccccc1)c1ccccc1. The van der Waals surface area contributed by atoms with Gasteiger partial charge in [-0.2, -0.15) is 0 Å². The Morgan fingerprint density at radius 1 is 0.881 bits per heavy atom. The topological polar surface area (TPSA) is 35.5 Å². The third-order valence-corrected chi connectivity index (χ3v) is 10.8. The molecule has 42 heavy (non-hydrogen) atoms. The van der Waals surface area contributed by atoms with Crippen molar-refractivity contribution in [3.05, 3.63) is 109 Å². The van der Waals surface area contributed by atoms with Gasteiger partial charge in [0.1, 0.15) is 6.10 Å². The summed E-state index contributed by atoms with van der Waals surface area (Å²) in [7, 11) is -1.02. The summed E-state index contributed by atoms with van der Waals surface area (Å²) in [6.45, 7) is 9.11. The monoisotopic (exact) mass is 584 g/mol. The van der Waals surface area contributed by atoms with Crippen LogP contribution in [0.2, 0.25) is 0 Å². The summed E-state index contributed by atoms with van der Waals surface area (Å²) in [6, 6.07) is 31.6. The second kappa shape index (κ2) is 16.2. The molecule has 1 aliphatic rings. The third-order valence-electron chi connectivity index (χ3n) is 8.78. The zero-order valence-corrected chi connectivity index (χ0v) is 26.8. The summed E-state index contributed by atoms with van der Waals surface area (Å²) in [6.07, 6.45) is 12.0. The van der Waals surface area contributed by atoms with E-state index in [1.54, 1.807) is 6.08 Å². The Hall–Kier alpha value is -2.74. The van der Waals surface area contributed by atoms with Crippen molar-refractivity contribution >= 4 is 24.7 Å². The lowest BCUT2D eigenvalue weighted by molar-refractivity contribution is -0.150. The summed E-state index contributed by atoms with van der Waals surface area (Å²) in [4.78, 5) is 13.4. The molecule has 224 valence electrons. The van der Waals surface area contributed by atoms with Crippen LogP contribution in [0.5, 0.6) is 0 Å². The average Bonchev–Trinajstić information content (AvgIpc) is 3.01. The molecule has 0 saturated heterocycles. The van der Waals surface area contributed by atoms with Crippen LogP contribution >= 0.6 is 8.15 Å². The summed E-state index contributed by atoms with van der Waals surface area (Å²) in [5, 5.41) is 2.35. The Morgan fingerprint density at radius 2 is 1.48 bits per heavy atom. The first-order valence-corrected chi connectivity index (χ1v) is 17.2. The highest BCUT2D eigenvalue weighted by Gasteiger charge is 2.41. The molecule has 1 fully saturated rings. The fraction of sp³-hybridized carbons (Fsp3) is 0.447. The fourth-order valence-electron chi connectivity index (χ4n) is 6.23. The largest absolute Gasteiger partial charge is 0.459 e. The Morgan fingerprint density at radius 3 is 2.07 bits per heavy atom. The molecule has 0 amide bonds. The van der Waals surface area contributed by atoms with Gasteiger partial charge in [-0.3, -0.25) is 0 Å². The fourth-order valence-corrected chi connectivity index (χ4v) is 8.10. The van der Waals surface area contributed by atoms with Crippen molar-refractivity contribution in [3.63, 3.8) is 0 Å². The zero-order valence-electron chi connectivity index (χ0n) is 26.0. The molecule has 4 heteroatoms. The van der Waals surface area contributed by atoms with Crippen LogP contribution in [0, 0.1) is 11.8 Å². The quantitative estimate of drug-likeness (QED) is 0.0820. The third kappa shape index (κ3) is 9.13.